The van der Waals surface area contributed by atoms with Crippen LogP contribution >= 0.6 is 11.3 Å². The van der Waals surface area contributed by atoms with Gasteiger partial charge in [0, 0.05) is 31.7 Å². The molecule has 3 unspecified atom stereocenters. The molecule has 0 saturated carbocycles. The summed E-state index contributed by atoms with van der Waals surface area (Å²) in [5.41, 5.74) is 1.99. The van der Waals surface area contributed by atoms with E-state index in [1.807, 2.05) is 18.2 Å². The Morgan fingerprint density at radius 3 is 2.83 bits per heavy atom. The van der Waals surface area contributed by atoms with Crippen LogP contribution < -0.4 is 15.5 Å². The number of ether oxygens (including phenoxy) is 1. The number of alkyl halides is 3. The molecule has 1 amide bonds. The Balaban J connectivity index is 1.10. The van der Waals surface area contributed by atoms with Crippen molar-refractivity contribution in [2.45, 2.75) is 50.4 Å². The van der Waals surface area contributed by atoms with Gasteiger partial charge < -0.3 is 15.3 Å². The van der Waals surface area contributed by atoms with Crippen molar-refractivity contribution in [3.05, 3.63) is 76.7 Å². The number of carbonyl (C=O) groups excluding carboxylic acids is 1. The van der Waals surface area contributed by atoms with Crippen molar-refractivity contribution in [1.29, 1.82) is 0 Å². The molecule has 41 heavy (non-hydrogen) atoms. The number of halogens is 3. The van der Waals surface area contributed by atoms with Gasteiger partial charge in [0.2, 0.25) is 11.0 Å². The molecule has 15 heteroatoms. The summed E-state index contributed by atoms with van der Waals surface area (Å²) in [5.74, 6) is -0.0839. The Kier molecular flexibility index (Phi) is 8.97. The fourth-order valence-corrected chi connectivity index (χ4v) is 5.36. The minimum Gasteiger partial charge on any atom is -0.372 e. The van der Waals surface area contributed by atoms with E-state index in [4.69, 9.17) is 0 Å². The van der Waals surface area contributed by atoms with E-state index in [2.05, 4.69) is 45.6 Å². The van der Waals surface area contributed by atoms with Crippen molar-refractivity contribution >= 4 is 28.2 Å². The van der Waals surface area contributed by atoms with Crippen LogP contribution in [0.2, 0.25) is 0 Å². The van der Waals surface area contributed by atoms with Gasteiger partial charge >= 0.3 is 6.36 Å². The molecule has 11 nitrogen and oxygen atoms in total. The number of rotatable bonds is 10. The molecule has 4 heterocycles. The maximum Gasteiger partial charge on any atom is 0.523 e. The van der Waals surface area contributed by atoms with E-state index in [1.54, 1.807) is 30.5 Å². The molecule has 0 aromatic carbocycles. The molecule has 1 saturated heterocycles. The highest BCUT2D eigenvalue weighted by Gasteiger charge is 2.33. The predicted molar refractivity (Wildman–Crippen MR) is 144 cm³/mol. The standard InChI is InChI=1S/C26H27F3N8O3S/c27-26(28,29)40-19-6-3-4-16(12-19)13-22(38)32-21-8-7-20(33-34-21)17-9-11-37(15-17)25-36-35-24(41-25)23(39)31-14-18-5-1-2-10-30-18/h1-5,7-8,10,12,17,19,23,31,39H,6,9,11,13-15H2,(H,32,34,38). The quantitative estimate of drug-likeness (QED) is 0.301. The first-order valence-corrected chi connectivity index (χ1v) is 13.7. The fraction of sp³-hybridized carbons (Fsp3) is 0.385. The number of anilines is 2. The van der Waals surface area contributed by atoms with Crippen LogP contribution in [-0.2, 0) is 16.1 Å². The van der Waals surface area contributed by atoms with Gasteiger partial charge in [-0.15, -0.1) is 28.5 Å². The molecule has 1 fully saturated rings. The minimum absolute atomic E-state index is 0.0855. The first-order chi connectivity index (χ1) is 19.7. The number of aliphatic hydroxyl groups is 1. The van der Waals surface area contributed by atoms with Crippen LogP contribution in [-0.4, -0.2) is 61.9 Å². The van der Waals surface area contributed by atoms with Crippen LogP contribution in [0.4, 0.5) is 24.1 Å². The lowest BCUT2D eigenvalue weighted by molar-refractivity contribution is -0.336. The van der Waals surface area contributed by atoms with Gasteiger partial charge in [0.1, 0.15) is 0 Å². The molecule has 3 atom stereocenters. The Morgan fingerprint density at radius 1 is 1.20 bits per heavy atom. The fourth-order valence-electron chi connectivity index (χ4n) is 4.52. The summed E-state index contributed by atoms with van der Waals surface area (Å²) in [6, 6.07) is 9.01. The average molecular weight is 589 g/mol. The largest absolute Gasteiger partial charge is 0.523 e. The summed E-state index contributed by atoms with van der Waals surface area (Å²) in [6.07, 6.45) is 0.0688. The number of nitrogens with zero attached hydrogens (tertiary/aromatic N) is 6. The van der Waals surface area contributed by atoms with Gasteiger partial charge in [-0.1, -0.05) is 35.6 Å². The second kappa shape index (κ2) is 12.8. The summed E-state index contributed by atoms with van der Waals surface area (Å²) in [5, 5.41) is 34.0. The van der Waals surface area contributed by atoms with Crippen molar-refractivity contribution in [1.82, 2.24) is 30.7 Å². The number of allylic oxidation sites excluding steroid dienone is 1. The molecule has 2 aliphatic rings. The van der Waals surface area contributed by atoms with Crippen LogP contribution in [0.1, 0.15) is 47.8 Å². The number of aromatic nitrogens is 5. The van der Waals surface area contributed by atoms with Gasteiger partial charge in [-0.05, 0) is 42.7 Å². The van der Waals surface area contributed by atoms with Gasteiger partial charge in [-0.2, -0.15) is 5.10 Å². The number of amides is 1. The van der Waals surface area contributed by atoms with Gasteiger partial charge in [0.05, 0.1) is 23.9 Å². The second-order valence-corrected chi connectivity index (χ2v) is 10.5. The summed E-state index contributed by atoms with van der Waals surface area (Å²) in [4.78, 5) is 18.7. The Hall–Kier alpha value is -3.79. The van der Waals surface area contributed by atoms with Crippen molar-refractivity contribution < 1.29 is 27.8 Å². The first kappa shape index (κ1) is 28.7. The predicted octanol–water partition coefficient (Wildman–Crippen LogP) is 3.62. The maximum absolute atomic E-state index is 12.5. The lowest BCUT2D eigenvalue weighted by Gasteiger charge is -2.18. The molecule has 0 bridgehead atoms. The molecule has 5 rings (SSSR count). The van der Waals surface area contributed by atoms with Gasteiger partial charge in [-0.25, -0.2) is 0 Å². The summed E-state index contributed by atoms with van der Waals surface area (Å²) in [7, 11) is 0. The number of pyridine rings is 1. The number of nitrogens with one attached hydrogen (secondary N) is 2. The van der Waals surface area contributed by atoms with Gasteiger partial charge in [-0.3, -0.25) is 19.8 Å². The maximum atomic E-state index is 12.5. The lowest BCUT2D eigenvalue weighted by atomic mass is 10.0. The molecule has 3 N–H and O–H groups in total. The monoisotopic (exact) mass is 588 g/mol. The first-order valence-electron chi connectivity index (χ1n) is 12.9. The third kappa shape index (κ3) is 8.13. The van der Waals surface area contributed by atoms with Crippen LogP contribution in [0.15, 0.2) is 60.3 Å². The van der Waals surface area contributed by atoms with Crippen molar-refractivity contribution in [3.8, 4) is 0 Å². The zero-order valence-electron chi connectivity index (χ0n) is 21.7. The molecule has 1 aliphatic carbocycles. The minimum atomic E-state index is -4.74. The topological polar surface area (TPSA) is 138 Å². The van der Waals surface area contributed by atoms with Crippen LogP contribution in [0.5, 0.6) is 0 Å². The zero-order chi connectivity index (χ0) is 28.8. The zero-order valence-corrected chi connectivity index (χ0v) is 22.5. The SMILES string of the molecule is O=C(CC1=CC(OC(F)(F)F)CC=C1)Nc1ccc(C2CCN(c3nnc(C(O)NCc4ccccn4)s3)C2)nn1. The normalized spacial score (nSPS) is 19.7. The molecular formula is C26H27F3N8O3S. The van der Waals surface area contributed by atoms with E-state index in [9.17, 15) is 23.1 Å². The van der Waals surface area contributed by atoms with E-state index in [0.29, 0.717) is 28.8 Å². The Bertz CT molecular complexity index is 1380. The molecule has 0 spiro atoms. The highest BCUT2D eigenvalue weighted by Crippen LogP contribution is 2.32. The molecule has 216 valence electrons. The van der Waals surface area contributed by atoms with Crippen LogP contribution in [0.25, 0.3) is 0 Å². The highest BCUT2D eigenvalue weighted by molar-refractivity contribution is 7.15. The van der Waals surface area contributed by atoms with Crippen LogP contribution in [0, 0.1) is 0 Å². The summed E-state index contributed by atoms with van der Waals surface area (Å²) in [6.45, 7) is 1.77. The summed E-state index contributed by atoms with van der Waals surface area (Å²) < 4.78 is 41.5. The van der Waals surface area contributed by atoms with E-state index >= 15 is 0 Å². The van der Waals surface area contributed by atoms with Gasteiger partial charge in [0.15, 0.2) is 17.1 Å². The van der Waals surface area contributed by atoms with Crippen molar-refractivity contribution in [3.63, 3.8) is 0 Å². The number of hydrogen-bond acceptors (Lipinski definition) is 11. The van der Waals surface area contributed by atoms with E-state index in [-0.39, 0.29) is 24.6 Å². The Morgan fingerprint density at radius 2 is 2.07 bits per heavy atom. The number of hydrogen-bond donors (Lipinski definition) is 3. The smallest absolute Gasteiger partial charge is 0.372 e. The van der Waals surface area contributed by atoms with Crippen molar-refractivity contribution in [2.75, 3.05) is 23.3 Å². The van der Waals surface area contributed by atoms with Crippen molar-refractivity contribution in [2.24, 2.45) is 0 Å². The molecule has 1 aliphatic heterocycles. The van der Waals surface area contributed by atoms with E-state index in [0.717, 1.165) is 24.4 Å². The number of aliphatic hydroxyl groups excluding tert-OH is 1. The van der Waals surface area contributed by atoms with E-state index in [1.165, 1.54) is 17.4 Å². The molecule has 3 aromatic heterocycles. The average Bonchev–Trinajstić information content (AvgIpc) is 3.63. The lowest BCUT2D eigenvalue weighted by Crippen LogP contribution is -2.23. The third-order valence-corrected chi connectivity index (χ3v) is 7.48. The number of carbonyl (C=O) groups is 1. The van der Waals surface area contributed by atoms with Crippen LogP contribution in [0.3, 0.4) is 0 Å². The molecule has 3 aromatic rings. The molecular weight excluding hydrogens is 561 g/mol. The second-order valence-electron chi connectivity index (χ2n) is 9.51. The highest BCUT2D eigenvalue weighted by atomic mass is 32.1. The third-order valence-electron chi connectivity index (χ3n) is 6.45. The van der Waals surface area contributed by atoms with Gasteiger partial charge in [0.25, 0.3) is 0 Å². The Labute approximate surface area is 237 Å². The summed E-state index contributed by atoms with van der Waals surface area (Å²) >= 11 is 1.31. The van der Waals surface area contributed by atoms with E-state index < -0.39 is 24.6 Å². The molecule has 0 radical (unpaired) electrons.